The van der Waals surface area contributed by atoms with Gasteiger partial charge in [0.15, 0.2) is 0 Å². The summed E-state index contributed by atoms with van der Waals surface area (Å²) in [5.41, 5.74) is 2.30. The van der Waals surface area contributed by atoms with Gasteiger partial charge in [0.2, 0.25) is 5.43 Å². The number of alkyl halides is 1. The van der Waals surface area contributed by atoms with Crippen LogP contribution in [0.5, 0.6) is 0 Å². The van der Waals surface area contributed by atoms with Gasteiger partial charge in [0.1, 0.15) is 17.6 Å². The fourth-order valence-corrected chi connectivity index (χ4v) is 3.92. The van der Waals surface area contributed by atoms with E-state index in [0.717, 1.165) is 23.7 Å². The minimum absolute atomic E-state index is 0.0527. The van der Waals surface area contributed by atoms with Crippen molar-refractivity contribution >= 4 is 16.9 Å². The first-order valence-corrected chi connectivity index (χ1v) is 9.02. The molecule has 0 bridgehead atoms. The Labute approximate surface area is 158 Å². The van der Waals surface area contributed by atoms with Crippen molar-refractivity contribution in [3.8, 4) is 11.1 Å². The number of hydrogen-bond acceptors (Lipinski definition) is 3. The minimum atomic E-state index is -1.41. The molecular formula is C21H16F2N2O3. The molecule has 0 radical (unpaired) electrons. The minimum Gasteiger partial charge on any atom is -0.477 e. The number of carbonyl (C=O) groups is 1. The van der Waals surface area contributed by atoms with Crippen molar-refractivity contribution in [1.29, 1.82) is 0 Å². The highest BCUT2D eigenvalue weighted by atomic mass is 19.1. The van der Waals surface area contributed by atoms with Crippen LogP contribution in [-0.2, 0) is 13.1 Å². The molecule has 1 aliphatic heterocycles. The van der Waals surface area contributed by atoms with E-state index in [9.17, 15) is 23.5 Å². The van der Waals surface area contributed by atoms with Crippen molar-refractivity contribution < 1.29 is 18.7 Å². The van der Waals surface area contributed by atoms with Crippen molar-refractivity contribution in [3.63, 3.8) is 0 Å². The Balaban J connectivity index is 1.77. The van der Waals surface area contributed by atoms with Gasteiger partial charge in [-0.25, -0.2) is 13.6 Å². The topological polar surface area (TPSA) is 71.3 Å². The van der Waals surface area contributed by atoms with Crippen LogP contribution in [0.1, 0.15) is 33.9 Å². The first-order chi connectivity index (χ1) is 13.4. The number of halogens is 2. The standard InChI is InChI=1S/C21H16F2N2O3/c22-16-4-14-18(5-13(16)10-1-2-11-7-24-8-12(11)3-10)25(19-6-17(19)23)9-15(20(14)26)21(27)28/h1-5,9,17,19,24H,6-8H2,(H,27,28). The number of pyridine rings is 1. The van der Waals surface area contributed by atoms with E-state index < -0.39 is 35.0 Å². The molecule has 0 amide bonds. The molecule has 0 saturated heterocycles. The smallest absolute Gasteiger partial charge is 0.341 e. The SMILES string of the molecule is O=C(O)c1cn(C2CC2F)c2cc(-c3ccc4c(c3)CNC4)c(F)cc2c1=O. The summed E-state index contributed by atoms with van der Waals surface area (Å²) in [4.78, 5) is 24.0. The van der Waals surface area contributed by atoms with Gasteiger partial charge in [-0.15, -0.1) is 0 Å². The van der Waals surface area contributed by atoms with Gasteiger partial charge in [-0.2, -0.15) is 0 Å². The third kappa shape index (κ3) is 2.54. The van der Waals surface area contributed by atoms with E-state index >= 15 is 0 Å². The number of aromatic carboxylic acids is 1. The predicted molar refractivity (Wildman–Crippen MR) is 99.7 cm³/mol. The first kappa shape index (κ1) is 17.1. The average Bonchev–Trinajstić information content (AvgIpc) is 3.20. The van der Waals surface area contributed by atoms with E-state index in [0.29, 0.717) is 23.2 Å². The number of fused-ring (bicyclic) bond motifs is 2. The quantitative estimate of drug-likeness (QED) is 0.729. The summed E-state index contributed by atoms with van der Waals surface area (Å²) in [5, 5.41) is 12.5. The molecule has 1 saturated carbocycles. The van der Waals surface area contributed by atoms with Crippen LogP contribution in [0.4, 0.5) is 8.78 Å². The highest BCUT2D eigenvalue weighted by Crippen LogP contribution is 2.41. The van der Waals surface area contributed by atoms with Crippen molar-refractivity contribution in [2.24, 2.45) is 0 Å². The lowest BCUT2D eigenvalue weighted by atomic mass is 9.98. The summed E-state index contributed by atoms with van der Waals surface area (Å²) >= 11 is 0. The monoisotopic (exact) mass is 382 g/mol. The molecule has 2 unspecified atom stereocenters. The van der Waals surface area contributed by atoms with Crippen LogP contribution >= 0.6 is 0 Å². The molecule has 142 valence electrons. The fourth-order valence-electron chi connectivity index (χ4n) is 3.92. The number of hydrogen-bond donors (Lipinski definition) is 2. The van der Waals surface area contributed by atoms with E-state index in [1.165, 1.54) is 16.8 Å². The second-order valence-electron chi connectivity index (χ2n) is 7.34. The van der Waals surface area contributed by atoms with E-state index in [2.05, 4.69) is 5.32 Å². The van der Waals surface area contributed by atoms with E-state index in [-0.39, 0.29) is 11.8 Å². The van der Waals surface area contributed by atoms with Gasteiger partial charge < -0.3 is 15.0 Å². The predicted octanol–water partition coefficient (Wildman–Crippen LogP) is 3.39. The Kier molecular flexibility index (Phi) is 3.64. The second-order valence-corrected chi connectivity index (χ2v) is 7.34. The zero-order valence-electron chi connectivity index (χ0n) is 14.7. The number of carboxylic acid groups (broad SMARTS) is 1. The maximum absolute atomic E-state index is 14.9. The van der Waals surface area contributed by atoms with Crippen molar-refractivity contribution in [3.05, 3.63) is 69.3 Å². The molecule has 2 heterocycles. The molecular weight excluding hydrogens is 366 g/mol. The van der Waals surface area contributed by atoms with E-state index in [1.54, 1.807) is 0 Å². The molecule has 7 heteroatoms. The lowest BCUT2D eigenvalue weighted by Crippen LogP contribution is -2.19. The molecule has 2 aliphatic rings. The molecule has 2 N–H and O–H groups in total. The van der Waals surface area contributed by atoms with Gasteiger partial charge in [0.25, 0.3) is 0 Å². The molecule has 2 aromatic carbocycles. The Morgan fingerprint density at radius 2 is 1.93 bits per heavy atom. The molecule has 1 fully saturated rings. The third-order valence-electron chi connectivity index (χ3n) is 5.54. The maximum atomic E-state index is 14.9. The Morgan fingerprint density at radius 1 is 1.18 bits per heavy atom. The van der Waals surface area contributed by atoms with Crippen molar-refractivity contribution in [2.75, 3.05) is 0 Å². The van der Waals surface area contributed by atoms with Crippen LogP contribution < -0.4 is 10.7 Å². The largest absolute Gasteiger partial charge is 0.477 e. The molecule has 28 heavy (non-hydrogen) atoms. The number of carboxylic acids is 1. The third-order valence-corrected chi connectivity index (χ3v) is 5.54. The zero-order chi connectivity index (χ0) is 19.6. The zero-order valence-corrected chi connectivity index (χ0v) is 14.7. The number of nitrogens with one attached hydrogen (secondary N) is 1. The molecule has 0 spiro atoms. The summed E-state index contributed by atoms with van der Waals surface area (Å²) in [7, 11) is 0. The molecule has 5 nitrogen and oxygen atoms in total. The lowest BCUT2D eigenvalue weighted by Gasteiger charge is -2.14. The van der Waals surface area contributed by atoms with Gasteiger partial charge in [-0.3, -0.25) is 4.79 Å². The van der Waals surface area contributed by atoms with Crippen LogP contribution in [0.2, 0.25) is 0 Å². The van der Waals surface area contributed by atoms with Crippen molar-refractivity contribution in [1.82, 2.24) is 9.88 Å². The first-order valence-electron chi connectivity index (χ1n) is 9.02. The summed E-state index contributed by atoms with van der Waals surface area (Å²) in [6.07, 6.45) is 0.312. The van der Waals surface area contributed by atoms with Gasteiger partial charge >= 0.3 is 5.97 Å². The average molecular weight is 382 g/mol. The van der Waals surface area contributed by atoms with E-state index in [1.807, 2.05) is 18.2 Å². The fraction of sp³-hybridized carbons (Fsp3) is 0.238. The number of aromatic nitrogens is 1. The Morgan fingerprint density at radius 3 is 2.64 bits per heavy atom. The van der Waals surface area contributed by atoms with Crippen LogP contribution in [0.3, 0.4) is 0 Å². The van der Waals surface area contributed by atoms with Gasteiger partial charge in [0, 0.05) is 36.7 Å². The van der Waals surface area contributed by atoms with Crippen LogP contribution in [0, 0.1) is 5.82 Å². The van der Waals surface area contributed by atoms with Crippen LogP contribution in [0.15, 0.2) is 41.3 Å². The Bertz CT molecular complexity index is 1220. The number of rotatable bonds is 3. The van der Waals surface area contributed by atoms with E-state index in [4.69, 9.17) is 0 Å². The van der Waals surface area contributed by atoms with Gasteiger partial charge in [-0.05, 0) is 34.9 Å². The molecule has 1 aliphatic carbocycles. The van der Waals surface area contributed by atoms with Gasteiger partial charge in [-0.1, -0.05) is 12.1 Å². The van der Waals surface area contributed by atoms with Crippen LogP contribution in [0.25, 0.3) is 22.0 Å². The molecule has 2 atom stereocenters. The second kappa shape index (κ2) is 5.97. The normalized spacial score (nSPS) is 20.4. The highest BCUT2D eigenvalue weighted by Gasteiger charge is 2.40. The van der Waals surface area contributed by atoms with Crippen LogP contribution in [-0.4, -0.2) is 21.8 Å². The molecule has 5 rings (SSSR count). The summed E-state index contributed by atoms with van der Waals surface area (Å²) in [6, 6.07) is 7.71. The highest BCUT2D eigenvalue weighted by molar-refractivity contribution is 5.94. The maximum Gasteiger partial charge on any atom is 0.341 e. The summed E-state index contributed by atoms with van der Waals surface area (Å²) < 4.78 is 30.1. The van der Waals surface area contributed by atoms with Gasteiger partial charge in [0.05, 0.1) is 11.6 Å². The molecule has 1 aromatic heterocycles. The Hall–Kier alpha value is -3.06. The molecule has 3 aromatic rings. The number of benzene rings is 2. The lowest BCUT2D eigenvalue weighted by molar-refractivity contribution is 0.0694. The van der Waals surface area contributed by atoms with Crippen molar-refractivity contribution in [2.45, 2.75) is 31.7 Å². The summed E-state index contributed by atoms with van der Waals surface area (Å²) in [5.74, 6) is -2.02. The summed E-state index contributed by atoms with van der Waals surface area (Å²) in [6.45, 7) is 1.48. The number of nitrogens with zero attached hydrogens (tertiary/aromatic N) is 1.